The van der Waals surface area contributed by atoms with Crippen LogP contribution in [0.1, 0.15) is 0 Å². The van der Waals surface area contributed by atoms with Gasteiger partial charge in [-0.3, -0.25) is 4.79 Å². The lowest BCUT2D eigenvalue weighted by Crippen LogP contribution is -2.04. The quantitative estimate of drug-likeness (QED) is 0.564. The van der Waals surface area contributed by atoms with E-state index in [4.69, 9.17) is 4.42 Å². The Bertz CT molecular complexity index is 1130. The maximum Gasteiger partial charge on any atom is 0.200 e. The van der Waals surface area contributed by atoms with E-state index in [2.05, 4.69) is 0 Å². The standard InChI is InChI=1S/C21H13FO3/c22-16-3-1-2-15(10-16)13-4-6-14(7-5-13)19-12-25-20-11-17(23)8-9-18(20)21(19)24/h1-12,23H. The lowest BCUT2D eigenvalue weighted by Gasteiger charge is -2.06. The molecule has 0 saturated heterocycles. The summed E-state index contributed by atoms with van der Waals surface area (Å²) in [5, 5.41) is 9.88. The first-order chi connectivity index (χ1) is 12.1. The zero-order valence-electron chi connectivity index (χ0n) is 13.1. The van der Waals surface area contributed by atoms with Gasteiger partial charge in [0.05, 0.1) is 10.9 Å². The molecule has 4 aromatic rings. The Kier molecular flexibility index (Phi) is 3.58. The van der Waals surface area contributed by atoms with Gasteiger partial charge in [-0.05, 0) is 41.0 Å². The predicted octanol–water partition coefficient (Wildman–Crippen LogP) is 4.97. The minimum Gasteiger partial charge on any atom is -0.508 e. The van der Waals surface area contributed by atoms with E-state index in [1.807, 2.05) is 18.2 Å². The van der Waals surface area contributed by atoms with E-state index in [1.165, 1.54) is 30.5 Å². The van der Waals surface area contributed by atoms with E-state index in [1.54, 1.807) is 24.3 Å². The molecule has 0 radical (unpaired) electrons. The molecule has 1 N–H and O–H groups in total. The van der Waals surface area contributed by atoms with E-state index >= 15 is 0 Å². The van der Waals surface area contributed by atoms with Crippen LogP contribution in [0.2, 0.25) is 0 Å². The summed E-state index contributed by atoms with van der Waals surface area (Å²) in [5.41, 5.74) is 2.95. The summed E-state index contributed by atoms with van der Waals surface area (Å²) in [5.74, 6) is -0.247. The fourth-order valence-corrected chi connectivity index (χ4v) is 2.83. The molecule has 0 spiro atoms. The molecule has 1 heterocycles. The van der Waals surface area contributed by atoms with Crippen LogP contribution in [0.4, 0.5) is 4.39 Å². The summed E-state index contributed by atoms with van der Waals surface area (Å²) in [6.07, 6.45) is 1.39. The average molecular weight is 332 g/mol. The van der Waals surface area contributed by atoms with Crippen molar-refractivity contribution >= 4 is 11.0 Å². The van der Waals surface area contributed by atoms with Crippen LogP contribution < -0.4 is 5.43 Å². The molecule has 0 amide bonds. The third-order valence-electron chi connectivity index (χ3n) is 4.11. The van der Waals surface area contributed by atoms with Crippen LogP contribution in [0.15, 0.2) is 82.2 Å². The average Bonchev–Trinajstić information content (AvgIpc) is 2.62. The molecule has 3 aromatic carbocycles. The number of hydrogen-bond donors (Lipinski definition) is 1. The van der Waals surface area contributed by atoms with Crippen molar-refractivity contribution in [3.63, 3.8) is 0 Å². The molecule has 25 heavy (non-hydrogen) atoms. The number of aromatic hydroxyl groups is 1. The fourth-order valence-electron chi connectivity index (χ4n) is 2.83. The second-order valence-electron chi connectivity index (χ2n) is 5.75. The Morgan fingerprint density at radius 2 is 1.60 bits per heavy atom. The smallest absolute Gasteiger partial charge is 0.200 e. The zero-order chi connectivity index (χ0) is 17.4. The van der Waals surface area contributed by atoms with Crippen molar-refractivity contribution in [1.29, 1.82) is 0 Å². The third-order valence-corrected chi connectivity index (χ3v) is 4.11. The zero-order valence-corrected chi connectivity index (χ0v) is 13.1. The normalized spacial score (nSPS) is 10.9. The van der Waals surface area contributed by atoms with Gasteiger partial charge >= 0.3 is 0 Å². The number of phenolic OH excluding ortho intramolecular Hbond substituents is 1. The van der Waals surface area contributed by atoms with Gasteiger partial charge in [-0.2, -0.15) is 0 Å². The first-order valence-corrected chi connectivity index (χ1v) is 7.73. The molecule has 0 atom stereocenters. The summed E-state index contributed by atoms with van der Waals surface area (Å²) in [6.45, 7) is 0. The van der Waals surface area contributed by atoms with Crippen molar-refractivity contribution in [2.45, 2.75) is 0 Å². The molecule has 1 aromatic heterocycles. The van der Waals surface area contributed by atoms with E-state index in [0.717, 1.165) is 11.1 Å². The minimum absolute atomic E-state index is 0.0443. The van der Waals surface area contributed by atoms with Crippen molar-refractivity contribution in [2.24, 2.45) is 0 Å². The molecular formula is C21H13FO3. The summed E-state index contributed by atoms with van der Waals surface area (Å²) in [6, 6.07) is 18.0. The number of fused-ring (bicyclic) bond motifs is 1. The maximum atomic E-state index is 13.4. The number of hydrogen-bond acceptors (Lipinski definition) is 3. The molecule has 0 bridgehead atoms. The van der Waals surface area contributed by atoms with Crippen LogP contribution in [-0.4, -0.2) is 5.11 Å². The van der Waals surface area contributed by atoms with Gasteiger partial charge < -0.3 is 9.52 Å². The largest absolute Gasteiger partial charge is 0.508 e. The third kappa shape index (κ3) is 2.78. The number of halogens is 1. The van der Waals surface area contributed by atoms with Crippen molar-refractivity contribution in [1.82, 2.24) is 0 Å². The van der Waals surface area contributed by atoms with E-state index in [0.29, 0.717) is 22.1 Å². The number of benzene rings is 3. The second-order valence-corrected chi connectivity index (χ2v) is 5.75. The highest BCUT2D eigenvalue weighted by atomic mass is 19.1. The topological polar surface area (TPSA) is 50.4 Å². The summed E-state index contributed by atoms with van der Waals surface area (Å²) in [7, 11) is 0. The molecule has 122 valence electrons. The molecule has 3 nitrogen and oxygen atoms in total. The molecule has 4 rings (SSSR count). The first kappa shape index (κ1) is 15.1. The van der Waals surface area contributed by atoms with Crippen molar-refractivity contribution in [3.05, 3.63) is 89.0 Å². The molecule has 0 aliphatic rings. The molecular weight excluding hydrogens is 319 g/mol. The van der Waals surface area contributed by atoms with Crippen molar-refractivity contribution in [3.8, 4) is 28.0 Å². The van der Waals surface area contributed by atoms with Crippen LogP contribution in [0.3, 0.4) is 0 Å². The van der Waals surface area contributed by atoms with Gasteiger partial charge in [0.25, 0.3) is 0 Å². The predicted molar refractivity (Wildman–Crippen MR) is 95.0 cm³/mol. The van der Waals surface area contributed by atoms with Gasteiger partial charge in [-0.25, -0.2) is 4.39 Å². The summed E-state index contributed by atoms with van der Waals surface area (Å²) < 4.78 is 18.8. The van der Waals surface area contributed by atoms with Gasteiger partial charge in [-0.15, -0.1) is 0 Å². The van der Waals surface area contributed by atoms with Crippen LogP contribution in [-0.2, 0) is 0 Å². The maximum absolute atomic E-state index is 13.4. The highest BCUT2D eigenvalue weighted by Crippen LogP contribution is 2.26. The Morgan fingerprint density at radius 1 is 0.840 bits per heavy atom. The molecule has 0 unspecified atom stereocenters. The van der Waals surface area contributed by atoms with Crippen LogP contribution in [0.5, 0.6) is 5.75 Å². The lowest BCUT2D eigenvalue weighted by molar-refractivity contribution is 0.474. The van der Waals surface area contributed by atoms with Gasteiger partial charge in [0.2, 0.25) is 0 Å². The molecule has 0 aliphatic carbocycles. The second kappa shape index (κ2) is 5.91. The van der Waals surface area contributed by atoms with Crippen LogP contribution in [0, 0.1) is 5.82 Å². The van der Waals surface area contributed by atoms with Gasteiger partial charge in [-0.1, -0.05) is 36.4 Å². The Morgan fingerprint density at radius 3 is 2.36 bits per heavy atom. The SMILES string of the molecule is O=c1c(-c2ccc(-c3cccc(F)c3)cc2)coc2cc(O)ccc12. The van der Waals surface area contributed by atoms with Crippen molar-refractivity contribution in [2.75, 3.05) is 0 Å². The minimum atomic E-state index is -0.292. The van der Waals surface area contributed by atoms with Gasteiger partial charge in [0.1, 0.15) is 23.4 Å². The molecule has 0 fully saturated rings. The van der Waals surface area contributed by atoms with Gasteiger partial charge in [0.15, 0.2) is 5.43 Å². The Labute approximate surface area is 142 Å². The number of rotatable bonds is 2. The van der Waals surface area contributed by atoms with Gasteiger partial charge in [0, 0.05) is 6.07 Å². The first-order valence-electron chi connectivity index (χ1n) is 7.73. The van der Waals surface area contributed by atoms with Crippen molar-refractivity contribution < 1.29 is 13.9 Å². The summed E-state index contributed by atoms with van der Waals surface area (Å²) >= 11 is 0. The Hall–Kier alpha value is -3.40. The van der Waals surface area contributed by atoms with E-state index in [-0.39, 0.29) is 17.0 Å². The fraction of sp³-hybridized carbons (Fsp3) is 0. The number of phenols is 1. The summed E-state index contributed by atoms with van der Waals surface area (Å²) in [4.78, 5) is 12.6. The van der Waals surface area contributed by atoms with Crippen LogP contribution in [0.25, 0.3) is 33.2 Å². The molecule has 0 saturated carbocycles. The molecule has 0 aliphatic heterocycles. The monoisotopic (exact) mass is 332 g/mol. The van der Waals surface area contributed by atoms with Crippen LogP contribution >= 0.6 is 0 Å². The Balaban J connectivity index is 1.78. The highest BCUT2D eigenvalue weighted by molar-refractivity contribution is 5.83. The highest BCUT2D eigenvalue weighted by Gasteiger charge is 2.10. The molecule has 4 heteroatoms. The van der Waals surface area contributed by atoms with E-state index in [9.17, 15) is 14.3 Å². The van der Waals surface area contributed by atoms with E-state index < -0.39 is 0 Å². The lowest BCUT2D eigenvalue weighted by atomic mass is 10.0.